The maximum absolute atomic E-state index is 12.4. The van der Waals surface area contributed by atoms with Gasteiger partial charge in [-0.3, -0.25) is 18.6 Å². The van der Waals surface area contributed by atoms with Crippen LogP contribution in [-0.4, -0.2) is 65.7 Å². The van der Waals surface area contributed by atoms with E-state index in [0.717, 1.165) is 70.6 Å². The van der Waals surface area contributed by atoms with Gasteiger partial charge in [0.15, 0.2) is 0 Å². The number of aliphatic hydroxyl groups excluding tert-OH is 2. The lowest BCUT2D eigenvalue weighted by Crippen LogP contribution is -2.28. The number of phosphoric acid groups is 1. The highest BCUT2D eigenvalue weighted by molar-refractivity contribution is 7.47. The van der Waals surface area contributed by atoms with Crippen molar-refractivity contribution < 1.29 is 47.8 Å². The Labute approximate surface area is 380 Å². The van der Waals surface area contributed by atoms with Gasteiger partial charge in [0.1, 0.15) is 12.2 Å². The third-order valence-corrected chi connectivity index (χ3v) is 12.1. The van der Waals surface area contributed by atoms with Crippen molar-refractivity contribution in [3.8, 4) is 0 Å². The molecule has 10 nitrogen and oxygen atoms in total. The van der Waals surface area contributed by atoms with Crippen LogP contribution in [0.15, 0.2) is 36.5 Å². The monoisotopic (exact) mass is 899 g/mol. The maximum Gasteiger partial charge on any atom is 0.472 e. The van der Waals surface area contributed by atoms with Crippen LogP contribution in [0.5, 0.6) is 0 Å². The molecule has 0 heterocycles. The molecule has 0 aliphatic carbocycles. The molecule has 0 saturated heterocycles. The van der Waals surface area contributed by atoms with Gasteiger partial charge in [0.25, 0.3) is 0 Å². The number of allylic oxidation sites excluding steroid dienone is 6. The molecular weight excluding hydrogens is 804 g/mol. The van der Waals surface area contributed by atoms with E-state index in [9.17, 15) is 29.3 Å². The number of carbonyl (C=O) groups is 2. The van der Waals surface area contributed by atoms with Gasteiger partial charge in [-0.2, -0.15) is 0 Å². The largest absolute Gasteiger partial charge is 0.472 e. The van der Waals surface area contributed by atoms with Gasteiger partial charge in [0.2, 0.25) is 0 Å². The fourth-order valence-electron chi connectivity index (χ4n) is 7.18. The second kappa shape index (κ2) is 47.2. The first-order chi connectivity index (χ1) is 30.3. The van der Waals surface area contributed by atoms with Crippen LogP contribution in [0, 0.1) is 0 Å². The number of unbranched alkanes of at least 4 members (excludes halogenated alkanes) is 28. The highest BCUT2D eigenvalue weighted by Gasteiger charge is 2.27. The lowest BCUT2D eigenvalue weighted by Gasteiger charge is -2.20. The van der Waals surface area contributed by atoms with E-state index in [1.54, 1.807) is 0 Å². The van der Waals surface area contributed by atoms with E-state index >= 15 is 0 Å². The Morgan fingerprint density at radius 3 is 1.05 bits per heavy atom. The van der Waals surface area contributed by atoms with Crippen LogP contribution in [0.1, 0.15) is 239 Å². The average Bonchev–Trinajstić information content (AvgIpc) is 3.26. The smallest absolute Gasteiger partial charge is 0.457 e. The molecule has 0 bridgehead atoms. The van der Waals surface area contributed by atoms with E-state index in [2.05, 4.69) is 50.3 Å². The van der Waals surface area contributed by atoms with Gasteiger partial charge in [-0.25, -0.2) is 4.57 Å². The first kappa shape index (κ1) is 60.2. The zero-order chi connectivity index (χ0) is 45.5. The molecule has 364 valence electrons. The fourth-order valence-corrected chi connectivity index (χ4v) is 7.97. The van der Waals surface area contributed by atoms with E-state index in [-0.39, 0.29) is 12.8 Å². The molecule has 0 spiro atoms. The highest BCUT2D eigenvalue weighted by atomic mass is 31.2. The molecule has 11 heteroatoms. The molecule has 0 aliphatic rings. The quantitative estimate of drug-likeness (QED) is 0.0233. The molecular formula is C51H95O10P. The van der Waals surface area contributed by atoms with E-state index in [1.165, 1.54) is 128 Å². The minimum absolute atomic E-state index is 0.178. The zero-order valence-electron chi connectivity index (χ0n) is 39.8. The Bertz CT molecular complexity index is 1130. The van der Waals surface area contributed by atoms with Crippen molar-refractivity contribution in [2.24, 2.45) is 0 Å². The van der Waals surface area contributed by atoms with Crippen LogP contribution in [-0.2, 0) is 32.7 Å². The van der Waals surface area contributed by atoms with Crippen LogP contribution in [0.3, 0.4) is 0 Å². The molecule has 3 unspecified atom stereocenters. The third kappa shape index (κ3) is 44.8. The average molecular weight is 899 g/mol. The minimum atomic E-state index is -4.64. The number of esters is 2. The summed E-state index contributed by atoms with van der Waals surface area (Å²) in [6.07, 6.45) is 51.1. The zero-order valence-corrected chi connectivity index (χ0v) is 40.7. The molecule has 3 atom stereocenters. The summed E-state index contributed by atoms with van der Waals surface area (Å²) in [6, 6.07) is 0. The van der Waals surface area contributed by atoms with Crippen molar-refractivity contribution in [3.63, 3.8) is 0 Å². The van der Waals surface area contributed by atoms with Crippen molar-refractivity contribution in [1.29, 1.82) is 0 Å². The van der Waals surface area contributed by atoms with Gasteiger partial charge in [-0.15, -0.1) is 0 Å². The number of aliphatic hydroxyl groups is 2. The van der Waals surface area contributed by atoms with Gasteiger partial charge in [-0.05, 0) is 51.4 Å². The summed E-state index contributed by atoms with van der Waals surface area (Å²) < 4.78 is 32.7. The molecule has 62 heavy (non-hydrogen) atoms. The van der Waals surface area contributed by atoms with E-state index < -0.39 is 58.4 Å². The van der Waals surface area contributed by atoms with Gasteiger partial charge in [-0.1, -0.05) is 211 Å². The summed E-state index contributed by atoms with van der Waals surface area (Å²) in [5, 5.41) is 19.2. The number of carbonyl (C=O) groups excluding carboxylic acids is 2. The number of rotatable bonds is 48. The molecule has 0 saturated carbocycles. The van der Waals surface area contributed by atoms with Gasteiger partial charge >= 0.3 is 19.8 Å². The Morgan fingerprint density at radius 2 is 0.710 bits per heavy atom. The molecule has 0 radical (unpaired) electrons. The van der Waals surface area contributed by atoms with Crippen LogP contribution < -0.4 is 0 Å². The van der Waals surface area contributed by atoms with Crippen molar-refractivity contribution in [3.05, 3.63) is 36.5 Å². The van der Waals surface area contributed by atoms with Crippen molar-refractivity contribution >= 4 is 19.8 Å². The molecule has 3 N–H and O–H groups in total. The Balaban J connectivity index is 3.85. The summed E-state index contributed by atoms with van der Waals surface area (Å²) in [5.74, 6) is -1.02. The third-order valence-electron chi connectivity index (χ3n) is 11.1. The first-order valence-electron chi connectivity index (χ1n) is 25.4. The lowest BCUT2D eigenvalue weighted by atomic mass is 10.0. The second-order valence-electron chi connectivity index (χ2n) is 17.2. The Hall–Kier alpha value is -1.81. The predicted molar refractivity (Wildman–Crippen MR) is 256 cm³/mol. The fraction of sp³-hybridized carbons (Fsp3) is 0.843. The maximum atomic E-state index is 12.4. The summed E-state index contributed by atoms with van der Waals surface area (Å²) in [5.41, 5.74) is 0. The molecule has 0 aliphatic heterocycles. The Kier molecular flexibility index (Phi) is 45.8. The van der Waals surface area contributed by atoms with E-state index in [0.29, 0.717) is 12.8 Å². The van der Waals surface area contributed by atoms with E-state index in [1.807, 2.05) is 0 Å². The van der Waals surface area contributed by atoms with E-state index in [4.69, 9.17) is 18.5 Å². The molecule has 0 aromatic rings. The second-order valence-corrected chi connectivity index (χ2v) is 18.6. The summed E-state index contributed by atoms with van der Waals surface area (Å²) in [6.45, 7) is 2.21. The van der Waals surface area contributed by atoms with Crippen molar-refractivity contribution in [1.82, 2.24) is 0 Å². The Morgan fingerprint density at radius 1 is 0.435 bits per heavy atom. The minimum Gasteiger partial charge on any atom is -0.457 e. The molecule has 0 aromatic heterocycles. The molecule has 0 fully saturated rings. The topological polar surface area (TPSA) is 149 Å². The van der Waals surface area contributed by atoms with Crippen LogP contribution in [0.4, 0.5) is 0 Å². The standard InChI is InChI=1S/C51H95O10P/c1-3-5-7-9-11-13-15-17-19-21-23-25-27-29-31-33-35-37-39-41-43-51(55)61-49(45-53)47-59-62(56,57)58-46-48(44-52)60-50(54)42-40-38-36-34-32-30-28-26-24-22-20-18-16-14-12-10-8-6-4-2/h12,14,18,20,24,26,48-49,52-53H,3-11,13,15-17,19,21-23,25,27-47H2,1-2H3,(H,56,57)/b14-12-,20-18-,26-24-. The molecule has 0 rings (SSSR count). The summed E-state index contributed by atoms with van der Waals surface area (Å²) in [4.78, 5) is 34.7. The lowest BCUT2D eigenvalue weighted by molar-refractivity contribution is -0.153. The van der Waals surface area contributed by atoms with Crippen molar-refractivity contribution in [2.45, 2.75) is 251 Å². The summed E-state index contributed by atoms with van der Waals surface area (Å²) in [7, 11) is -4.64. The predicted octanol–water partition coefficient (Wildman–Crippen LogP) is 14.3. The van der Waals surface area contributed by atoms with Crippen LogP contribution >= 0.6 is 7.82 Å². The summed E-state index contributed by atoms with van der Waals surface area (Å²) >= 11 is 0. The molecule has 0 aromatic carbocycles. The van der Waals surface area contributed by atoms with Gasteiger partial charge < -0.3 is 24.6 Å². The number of hydrogen-bond donors (Lipinski definition) is 3. The SMILES string of the molecule is CCCCC/C=C\C/C=C\C/C=C\CCCCCCCCC(=O)OC(CO)COP(=O)(O)OCC(CO)OC(=O)CCCCCCCCCCCCCCCCCCCCCC. The van der Waals surface area contributed by atoms with Crippen molar-refractivity contribution in [2.75, 3.05) is 26.4 Å². The first-order valence-corrected chi connectivity index (χ1v) is 26.9. The van der Waals surface area contributed by atoms with Crippen LogP contribution in [0.25, 0.3) is 0 Å². The molecule has 0 amide bonds. The number of ether oxygens (including phenoxy) is 2. The van der Waals surface area contributed by atoms with Gasteiger partial charge in [0, 0.05) is 12.8 Å². The number of hydrogen-bond acceptors (Lipinski definition) is 9. The van der Waals surface area contributed by atoms with Crippen LogP contribution in [0.2, 0.25) is 0 Å². The number of phosphoric ester groups is 1. The normalized spacial score (nSPS) is 14.0. The highest BCUT2D eigenvalue weighted by Crippen LogP contribution is 2.43. The van der Waals surface area contributed by atoms with Gasteiger partial charge in [0.05, 0.1) is 26.4 Å².